The highest BCUT2D eigenvalue weighted by atomic mass is 32.1. The average molecular weight is 185 g/mol. The number of allylic oxidation sites excluding steroid dienone is 2. The highest BCUT2D eigenvalue weighted by molar-refractivity contribution is 7.88. The van der Waals surface area contributed by atoms with Crippen molar-refractivity contribution in [3.8, 4) is 6.07 Å². The monoisotopic (exact) mass is 185 g/mol. The van der Waals surface area contributed by atoms with Crippen LogP contribution in [-0.4, -0.2) is 6.18 Å². The lowest BCUT2D eigenvalue weighted by atomic mass is 10.5. The van der Waals surface area contributed by atoms with Crippen molar-refractivity contribution in [3.05, 3.63) is 9.81 Å². The van der Waals surface area contributed by atoms with Crippen molar-refractivity contribution in [1.82, 2.24) is 0 Å². The first-order valence-electron chi connectivity index (χ1n) is 1.99. The van der Waals surface area contributed by atoms with Crippen LogP contribution in [0, 0.1) is 11.3 Å². The first kappa shape index (κ1) is 9.72. The van der Waals surface area contributed by atoms with Crippen LogP contribution in [0.1, 0.15) is 0 Å². The van der Waals surface area contributed by atoms with E-state index < -0.39 is 16.0 Å². The summed E-state index contributed by atoms with van der Waals surface area (Å²) in [5, 5.41) is 7.94. The molecule has 0 amide bonds. The predicted octanol–water partition coefficient (Wildman–Crippen LogP) is 2.14. The molecule has 0 atom stereocenters. The number of thiol groups is 2. The Hall–Kier alpha value is -0.280. The fraction of sp³-hybridized carbons (Fsp3) is 0.250. The summed E-state index contributed by atoms with van der Waals surface area (Å²) in [7, 11) is 0. The second-order valence-corrected chi connectivity index (χ2v) is 2.20. The number of halogens is 3. The topological polar surface area (TPSA) is 23.8 Å². The minimum absolute atomic E-state index is 0.726. The predicted molar refractivity (Wildman–Crippen MR) is 36.7 cm³/mol. The van der Waals surface area contributed by atoms with E-state index in [0.717, 1.165) is 0 Å². The normalized spacial score (nSPS) is 14.0. The molecule has 0 radical (unpaired) electrons. The summed E-state index contributed by atoms with van der Waals surface area (Å²) >= 11 is 6.28. The molecule has 1 nitrogen and oxygen atoms in total. The average Bonchev–Trinajstić information content (AvgIpc) is 1.83. The van der Waals surface area contributed by atoms with E-state index >= 15 is 0 Å². The number of hydrogen-bond donors (Lipinski definition) is 2. The van der Waals surface area contributed by atoms with Gasteiger partial charge in [0, 0.05) is 0 Å². The Bertz CT molecular complexity index is 200. The fourth-order valence-corrected chi connectivity index (χ4v) is 0.364. The maximum Gasteiger partial charge on any atom is 0.423 e. The lowest BCUT2D eigenvalue weighted by Crippen LogP contribution is -2.08. The minimum atomic E-state index is -4.57. The third-order valence-corrected chi connectivity index (χ3v) is 1.58. The highest BCUT2D eigenvalue weighted by Crippen LogP contribution is 2.31. The molecule has 0 aliphatic carbocycles. The van der Waals surface area contributed by atoms with Crippen LogP contribution in [0.4, 0.5) is 13.2 Å². The van der Waals surface area contributed by atoms with E-state index in [4.69, 9.17) is 5.26 Å². The largest absolute Gasteiger partial charge is 0.423 e. The van der Waals surface area contributed by atoms with Crippen molar-refractivity contribution in [1.29, 1.82) is 5.26 Å². The molecular formula is C4H2F3NS2. The van der Waals surface area contributed by atoms with E-state index in [9.17, 15) is 13.2 Å². The summed E-state index contributed by atoms with van der Waals surface area (Å²) in [6, 6.07) is 1.22. The molecular weight excluding hydrogens is 183 g/mol. The number of hydrogen-bond acceptors (Lipinski definition) is 3. The van der Waals surface area contributed by atoms with Crippen molar-refractivity contribution in [3.63, 3.8) is 0 Å². The van der Waals surface area contributed by atoms with Crippen LogP contribution >= 0.6 is 25.3 Å². The summed E-state index contributed by atoms with van der Waals surface area (Å²) in [5.74, 6) is 0. The second kappa shape index (κ2) is 3.21. The van der Waals surface area contributed by atoms with E-state index in [1.54, 1.807) is 0 Å². The van der Waals surface area contributed by atoms with Gasteiger partial charge in [-0.25, -0.2) is 0 Å². The Kier molecular flexibility index (Phi) is 3.12. The van der Waals surface area contributed by atoms with Crippen LogP contribution < -0.4 is 0 Å². The molecule has 6 heteroatoms. The molecule has 10 heavy (non-hydrogen) atoms. The van der Waals surface area contributed by atoms with Gasteiger partial charge in [0.05, 0.1) is 0 Å². The molecule has 0 fully saturated rings. The highest BCUT2D eigenvalue weighted by Gasteiger charge is 2.33. The number of alkyl halides is 3. The van der Waals surface area contributed by atoms with Crippen LogP contribution in [0.5, 0.6) is 0 Å². The lowest BCUT2D eigenvalue weighted by molar-refractivity contribution is -0.0835. The molecule has 0 aromatic heterocycles. The van der Waals surface area contributed by atoms with Gasteiger partial charge in [-0.1, -0.05) is 0 Å². The number of nitriles is 1. The first-order chi connectivity index (χ1) is 4.39. The van der Waals surface area contributed by atoms with Gasteiger partial charge < -0.3 is 0 Å². The third kappa shape index (κ3) is 2.54. The Labute approximate surface area is 66.3 Å². The maximum absolute atomic E-state index is 11.6. The van der Waals surface area contributed by atoms with Gasteiger partial charge in [0.1, 0.15) is 15.9 Å². The Balaban J connectivity index is 4.69. The van der Waals surface area contributed by atoms with Gasteiger partial charge in [0.2, 0.25) is 0 Å². The van der Waals surface area contributed by atoms with Crippen molar-refractivity contribution in [2.24, 2.45) is 0 Å². The van der Waals surface area contributed by atoms with E-state index in [2.05, 4.69) is 25.3 Å². The molecule has 56 valence electrons. The van der Waals surface area contributed by atoms with Crippen molar-refractivity contribution in [2.75, 3.05) is 0 Å². The minimum Gasteiger partial charge on any atom is -0.192 e. The maximum atomic E-state index is 11.6. The van der Waals surface area contributed by atoms with Gasteiger partial charge in [-0.05, 0) is 0 Å². The van der Waals surface area contributed by atoms with Crippen LogP contribution in [0.3, 0.4) is 0 Å². The Morgan fingerprint density at radius 1 is 1.30 bits per heavy atom. The molecule has 0 N–H and O–H groups in total. The van der Waals surface area contributed by atoms with Gasteiger partial charge in [0.25, 0.3) is 0 Å². The number of nitrogens with zero attached hydrogens (tertiary/aromatic N) is 1. The molecule has 0 saturated carbocycles. The Morgan fingerprint density at radius 3 is 1.80 bits per heavy atom. The fourth-order valence-electron chi connectivity index (χ4n) is 0.187. The van der Waals surface area contributed by atoms with E-state index in [-0.39, 0.29) is 0 Å². The summed E-state index contributed by atoms with van der Waals surface area (Å²) in [5.41, 5.74) is 0. The van der Waals surface area contributed by atoms with Gasteiger partial charge in [-0.3, -0.25) is 0 Å². The van der Waals surface area contributed by atoms with Crippen LogP contribution in [0.25, 0.3) is 0 Å². The molecule has 0 rings (SSSR count). The summed E-state index contributed by atoms with van der Waals surface area (Å²) in [6.07, 6.45) is -4.57. The molecule has 0 aromatic carbocycles. The zero-order valence-corrected chi connectivity index (χ0v) is 6.26. The zero-order chi connectivity index (χ0) is 8.36. The van der Waals surface area contributed by atoms with Crippen molar-refractivity contribution < 1.29 is 13.2 Å². The molecule has 0 aromatic rings. The molecule has 0 unspecified atom stereocenters. The molecule has 0 aliphatic rings. The third-order valence-electron chi connectivity index (χ3n) is 0.599. The van der Waals surface area contributed by atoms with E-state index in [1.165, 1.54) is 6.07 Å². The van der Waals surface area contributed by atoms with Crippen LogP contribution in [-0.2, 0) is 0 Å². The SMILES string of the molecule is N#C/C(S)=C(/S)C(F)(F)F. The molecule has 0 spiro atoms. The van der Waals surface area contributed by atoms with Gasteiger partial charge in [-0.2, -0.15) is 18.4 Å². The number of rotatable bonds is 0. The Morgan fingerprint density at radius 2 is 1.70 bits per heavy atom. The summed E-state index contributed by atoms with van der Waals surface area (Å²) in [6.45, 7) is 0. The van der Waals surface area contributed by atoms with E-state index in [1.807, 2.05) is 0 Å². The first-order valence-corrected chi connectivity index (χ1v) is 2.88. The van der Waals surface area contributed by atoms with Gasteiger partial charge in [-0.15, -0.1) is 25.3 Å². The standard InChI is InChI=1S/C4H2F3NS2/c5-4(6,7)3(10)2(9)1-8/h9-10H/b3-2-. The molecule has 0 saturated heterocycles. The van der Waals surface area contributed by atoms with Gasteiger partial charge in [0.15, 0.2) is 0 Å². The smallest absolute Gasteiger partial charge is 0.192 e. The summed E-state index contributed by atoms with van der Waals surface area (Å²) in [4.78, 5) is -1.99. The van der Waals surface area contributed by atoms with E-state index in [0.29, 0.717) is 0 Å². The quantitative estimate of drug-likeness (QED) is 0.438. The molecule has 0 aliphatic heterocycles. The molecule has 0 bridgehead atoms. The van der Waals surface area contributed by atoms with Crippen molar-refractivity contribution >= 4 is 25.3 Å². The molecule has 0 heterocycles. The summed E-state index contributed by atoms with van der Waals surface area (Å²) < 4.78 is 34.7. The lowest BCUT2D eigenvalue weighted by Gasteiger charge is -2.04. The second-order valence-electron chi connectivity index (χ2n) is 1.31. The zero-order valence-electron chi connectivity index (χ0n) is 4.48. The van der Waals surface area contributed by atoms with Crippen LogP contribution in [0.15, 0.2) is 9.81 Å². The van der Waals surface area contributed by atoms with Gasteiger partial charge >= 0.3 is 6.18 Å². The van der Waals surface area contributed by atoms with Crippen molar-refractivity contribution in [2.45, 2.75) is 6.18 Å². The van der Waals surface area contributed by atoms with Crippen LogP contribution in [0.2, 0.25) is 0 Å².